The third kappa shape index (κ3) is 5.53. The second-order valence-electron chi connectivity index (χ2n) is 3.48. The molecule has 0 aliphatic heterocycles. The van der Waals surface area contributed by atoms with Gasteiger partial charge in [0.25, 0.3) is 0 Å². The van der Waals surface area contributed by atoms with Gasteiger partial charge in [0.2, 0.25) is 0 Å². The summed E-state index contributed by atoms with van der Waals surface area (Å²) in [5.41, 5.74) is 1.23. The molecule has 0 fully saturated rings. The number of nitrogens with zero attached hydrogens (tertiary/aromatic N) is 2. The molecule has 1 rings (SSSR count). The lowest BCUT2D eigenvalue weighted by Crippen LogP contribution is -2.18. The van der Waals surface area contributed by atoms with Crippen LogP contribution in [0.1, 0.15) is 12.5 Å². The molecule has 0 amide bonds. The maximum absolute atomic E-state index is 4.96. The molecule has 92 valence electrons. The van der Waals surface area contributed by atoms with E-state index in [-0.39, 0.29) is 0 Å². The summed E-state index contributed by atoms with van der Waals surface area (Å²) in [4.78, 5) is 0. The Bertz CT molecular complexity index is 278. The minimum absolute atomic E-state index is 0.751. The summed E-state index contributed by atoms with van der Waals surface area (Å²) in [6.07, 6.45) is 4.03. The van der Waals surface area contributed by atoms with Crippen molar-refractivity contribution in [1.82, 2.24) is 15.1 Å². The lowest BCUT2D eigenvalue weighted by atomic mass is 10.3. The second-order valence-corrected chi connectivity index (χ2v) is 4.87. The normalized spacial score (nSPS) is 10.9. The Kier molecular flexibility index (Phi) is 7.29. The minimum atomic E-state index is 0.751. The molecule has 0 aliphatic carbocycles. The number of ether oxygens (including phenoxy) is 1. The minimum Gasteiger partial charge on any atom is -0.383 e. The number of rotatable bonds is 9. The van der Waals surface area contributed by atoms with Gasteiger partial charge in [-0.2, -0.15) is 16.9 Å². The van der Waals surface area contributed by atoms with E-state index in [4.69, 9.17) is 4.74 Å². The first-order valence-electron chi connectivity index (χ1n) is 5.65. The van der Waals surface area contributed by atoms with Crippen LogP contribution in [0.3, 0.4) is 0 Å². The quantitative estimate of drug-likeness (QED) is 0.665. The van der Waals surface area contributed by atoms with E-state index in [1.807, 2.05) is 22.6 Å². The van der Waals surface area contributed by atoms with E-state index in [0.717, 1.165) is 32.0 Å². The van der Waals surface area contributed by atoms with Crippen LogP contribution in [0.4, 0.5) is 0 Å². The molecule has 1 heterocycles. The molecule has 0 bridgehead atoms. The Balaban J connectivity index is 2.17. The molecule has 16 heavy (non-hydrogen) atoms. The van der Waals surface area contributed by atoms with Gasteiger partial charge < -0.3 is 10.1 Å². The molecule has 5 heteroatoms. The van der Waals surface area contributed by atoms with E-state index in [2.05, 4.69) is 23.5 Å². The van der Waals surface area contributed by atoms with Gasteiger partial charge in [-0.05, 0) is 5.75 Å². The summed E-state index contributed by atoms with van der Waals surface area (Å²) in [5.74, 6) is 2.31. The summed E-state index contributed by atoms with van der Waals surface area (Å²) >= 11 is 1.94. The molecule has 0 saturated carbocycles. The molecular weight excluding hydrogens is 222 g/mol. The van der Waals surface area contributed by atoms with Crippen LogP contribution in [0.15, 0.2) is 12.4 Å². The summed E-state index contributed by atoms with van der Waals surface area (Å²) in [6.45, 7) is 5.68. The van der Waals surface area contributed by atoms with E-state index < -0.39 is 0 Å². The zero-order valence-electron chi connectivity index (χ0n) is 10.1. The standard InChI is InChI=1S/C11H21N3OS/c1-3-16-7-5-14-10-11(9-13-14)8-12-4-6-15-2/h9-10,12H,3-8H2,1-2H3. The van der Waals surface area contributed by atoms with Gasteiger partial charge in [-0.1, -0.05) is 6.92 Å². The molecule has 0 aliphatic rings. The van der Waals surface area contributed by atoms with Gasteiger partial charge in [0, 0.05) is 44.3 Å². The molecule has 0 aromatic carbocycles. The van der Waals surface area contributed by atoms with Crippen LogP contribution in [0, 0.1) is 0 Å². The first kappa shape index (κ1) is 13.5. The molecule has 0 radical (unpaired) electrons. The highest BCUT2D eigenvalue weighted by atomic mass is 32.2. The van der Waals surface area contributed by atoms with Crippen molar-refractivity contribution in [2.24, 2.45) is 0 Å². The highest BCUT2D eigenvalue weighted by Gasteiger charge is 1.97. The Hall–Kier alpha value is -0.520. The molecule has 4 nitrogen and oxygen atoms in total. The van der Waals surface area contributed by atoms with Crippen LogP contribution in [0.25, 0.3) is 0 Å². The largest absolute Gasteiger partial charge is 0.383 e. The van der Waals surface area contributed by atoms with Crippen molar-refractivity contribution in [3.63, 3.8) is 0 Å². The van der Waals surface area contributed by atoms with Crippen molar-refractivity contribution in [1.29, 1.82) is 0 Å². The molecule has 0 unspecified atom stereocenters. The van der Waals surface area contributed by atoms with Gasteiger partial charge in [0.1, 0.15) is 0 Å². The summed E-state index contributed by atoms with van der Waals surface area (Å²) < 4.78 is 6.97. The predicted molar refractivity (Wildman–Crippen MR) is 68.8 cm³/mol. The Morgan fingerprint density at radius 1 is 1.56 bits per heavy atom. The van der Waals surface area contributed by atoms with Gasteiger partial charge in [-0.3, -0.25) is 4.68 Å². The number of hydrogen-bond acceptors (Lipinski definition) is 4. The first-order valence-corrected chi connectivity index (χ1v) is 6.81. The number of nitrogens with one attached hydrogen (secondary N) is 1. The van der Waals surface area contributed by atoms with Crippen LogP contribution in [-0.2, 0) is 17.8 Å². The third-order valence-corrected chi connectivity index (χ3v) is 3.05. The maximum atomic E-state index is 4.96. The average Bonchev–Trinajstić information content (AvgIpc) is 2.73. The number of thioether (sulfide) groups is 1. The summed E-state index contributed by atoms with van der Waals surface area (Å²) in [7, 11) is 1.71. The zero-order chi connectivity index (χ0) is 11.6. The van der Waals surface area contributed by atoms with Gasteiger partial charge >= 0.3 is 0 Å². The molecule has 0 atom stereocenters. The fourth-order valence-corrected chi connectivity index (χ4v) is 1.93. The van der Waals surface area contributed by atoms with Crippen LogP contribution < -0.4 is 5.32 Å². The van der Waals surface area contributed by atoms with Crippen LogP contribution in [0.5, 0.6) is 0 Å². The van der Waals surface area contributed by atoms with Crippen molar-refractivity contribution in [2.45, 2.75) is 20.0 Å². The van der Waals surface area contributed by atoms with Crippen molar-refractivity contribution in [2.75, 3.05) is 31.8 Å². The van der Waals surface area contributed by atoms with Crippen molar-refractivity contribution >= 4 is 11.8 Å². The van der Waals surface area contributed by atoms with Crippen molar-refractivity contribution in [3.05, 3.63) is 18.0 Å². The van der Waals surface area contributed by atoms with Crippen LogP contribution in [-0.4, -0.2) is 41.5 Å². The SMILES string of the molecule is CCSCCn1cc(CNCCOC)cn1. The predicted octanol–water partition coefficient (Wildman–Crippen LogP) is 1.37. The Labute approximate surface area is 102 Å². The second kappa shape index (κ2) is 8.61. The summed E-state index contributed by atoms with van der Waals surface area (Å²) in [5, 5.41) is 7.62. The average molecular weight is 243 g/mol. The Morgan fingerprint density at radius 3 is 3.19 bits per heavy atom. The number of aryl methyl sites for hydroxylation is 1. The van der Waals surface area contributed by atoms with Crippen LogP contribution in [0.2, 0.25) is 0 Å². The van der Waals surface area contributed by atoms with E-state index >= 15 is 0 Å². The molecule has 1 aromatic rings. The Morgan fingerprint density at radius 2 is 2.44 bits per heavy atom. The summed E-state index contributed by atoms with van der Waals surface area (Å²) in [6, 6.07) is 0. The molecular formula is C11H21N3OS. The fraction of sp³-hybridized carbons (Fsp3) is 0.727. The number of aromatic nitrogens is 2. The highest BCUT2D eigenvalue weighted by Crippen LogP contribution is 2.02. The van der Waals surface area contributed by atoms with E-state index in [0.29, 0.717) is 0 Å². The molecule has 0 spiro atoms. The lowest BCUT2D eigenvalue weighted by molar-refractivity contribution is 0.199. The van der Waals surface area contributed by atoms with Gasteiger partial charge in [0.05, 0.1) is 12.8 Å². The lowest BCUT2D eigenvalue weighted by Gasteiger charge is -2.01. The monoisotopic (exact) mass is 243 g/mol. The number of hydrogen-bond donors (Lipinski definition) is 1. The van der Waals surface area contributed by atoms with Crippen molar-refractivity contribution < 1.29 is 4.74 Å². The van der Waals surface area contributed by atoms with Gasteiger partial charge in [-0.15, -0.1) is 0 Å². The van der Waals surface area contributed by atoms with E-state index in [1.54, 1.807) is 7.11 Å². The zero-order valence-corrected chi connectivity index (χ0v) is 10.9. The highest BCUT2D eigenvalue weighted by molar-refractivity contribution is 7.99. The number of methoxy groups -OCH3 is 1. The van der Waals surface area contributed by atoms with Crippen LogP contribution >= 0.6 is 11.8 Å². The molecule has 1 N–H and O–H groups in total. The van der Waals surface area contributed by atoms with Gasteiger partial charge in [-0.25, -0.2) is 0 Å². The molecule has 0 saturated heterocycles. The maximum Gasteiger partial charge on any atom is 0.0587 e. The van der Waals surface area contributed by atoms with Gasteiger partial charge in [0.15, 0.2) is 0 Å². The third-order valence-electron chi connectivity index (χ3n) is 2.17. The van der Waals surface area contributed by atoms with E-state index in [9.17, 15) is 0 Å². The fourth-order valence-electron chi connectivity index (χ4n) is 1.33. The topological polar surface area (TPSA) is 39.1 Å². The van der Waals surface area contributed by atoms with E-state index in [1.165, 1.54) is 11.3 Å². The first-order chi connectivity index (χ1) is 7.86. The smallest absolute Gasteiger partial charge is 0.0587 e. The molecule has 1 aromatic heterocycles. The van der Waals surface area contributed by atoms with Crippen molar-refractivity contribution in [3.8, 4) is 0 Å².